The highest BCUT2D eigenvalue weighted by Crippen LogP contribution is 2.27. The Labute approximate surface area is 155 Å². The van der Waals surface area contributed by atoms with Crippen LogP contribution in [0.3, 0.4) is 0 Å². The number of benzene rings is 1. The number of carbonyl (C=O) groups excluding carboxylic acids is 1. The van der Waals surface area contributed by atoms with Crippen LogP contribution in [0.4, 0.5) is 0 Å². The largest absolute Gasteiger partial charge is 0.494 e. The number of nitrogens with zero attached hydrogens (tertiary/aromatic N) is 1. The van der Waals surface area contributed by atoms with E-state index in [-0.39, 0.29) is 5.91 Å². The molecule has 1 unspecified atom stereocenters. The number of carbonyl (C=O) groups is 1. The lowest BCUT2D eigenvalue weighted by molar-refractivity contribution is 0.0807. The van der Waals surface area contributed by atoms with Crippen LogP contribution in [-0.4, -0.2) is 48.2 Å². The predicted molar refractivity (Wildman–Crippen MR) is 103 cm³/mol. The van der Waals surface area contributed by atoms with Crippen LogP contribution < -0.4 is 15.4 Å². The standard InChI is InChI=1S/C19H27N3O2S/c1-2-3-11-24-16-6-4-5-15(12-16)18(23)21-19(25)20-17-13-22-9-7-14(17)8-10-22/h4-6,12,14,17H,2-3,7-11,13H2,1H3,(H2,20,21,23,25). The molecule has 2 N–H and O–H groups in total. The molecule has 0 aliphatic carbocycles. The number of piperidine rings is 3. The molecule has 1 atom stereocenters. The van der Waals surface area contributed by atoms with Gasteiger partial charge in [0, 0.05) is 18.2 Å². The molecule has 4 rings (SSSR count). The quantitative estimate of drug-likeness (QED) is 0.602. The van der Waals surface area contributed by atoms with Gasteiger partial charge in [-0.25, -0.2) is 0 Å². The van der Waals surface area contributed by atoms with Crippen molar-refractivity contribution < 1.29 is 9.53 Å². The van der Waals surface area contributed by atoms with Gasteiger partial charge in [-0.3, -0.25) is 10.1 Å². The van der Waals surface area contributed by atoms with Gasteiger partial charge in [0.15, 0.2) is 5.11 Å². The van der Waals surface area contributed by atoms with E-state index in [0.29, 0.717) is 29.2 Å². The second kappa shape index (κ2) is 8.63. The van der Waals surface area contributed by atoms with Crippen molar-refractivity contribution in [2.24, 2.45) is 5.92 Å². The smallest absolute Gasteiger partial charge is 0.257 e. The number of unbranched alkanes of at least 4 members (excludes halogenated alkanes) is 1. The van der Waals surface area contributed by atoms with Crippen LogP contribution in [0.1, 0.15) is 43.0 Å². The third kappa shape index (κ3) is 4.92. The average molecular weight is 362 g/mol. The normalized spacial score (nSPS) is 24.6. The molecule has 5 nitrogen and oxygen atoms in total. The molecule has 3 aliphatic heterocycles. The van der Waals surface area contributed by atoms with Crippen molar-refractivity contribution in [3.05, 3.63) is 29.8 Å². The van der Waals surface area contributed by atoms with Gasteiger partial charge in [-0.05, 0) is 68.7 Å². The Kier molecular flexibility index (Phi) is 6.26. The molecule has 3 aliphatic rings. The Balaban J connectivity index is 1.51. The lowest BCUT2D eigenvalue weighted by Crippen LogP contribution is -2.59. The Morgan fingerprint density at radius 2 is 2.16 bits per heavy atom. The molecular weight excluding hydrogens is 334 g/mol. The van der Waals surface area contributed by atoms with E-state index < -0.39 is 0 Å². The van der Waals surface area contributed by atoms with Gasteiger partial charge >= 0.3 is 0 Å². The molecule has 2 bridgehead atoms. The van der Waals surface area contributed by atoms with Gasteiger partial charge < -0.3 is 15.0 Å². The van der Waals surface area contributed by atoms with Crippen LogP contribution in [0, 0.1) is 5.92 Å². The third-order valence-electron chi connectivity index (χ3n) is 5.06. The number of hydrogen-bond donors (Lipinski definition) is 2. The van der Waals surface area contributed by atoms with Gasteiger partial charge in [-0.15, -0.1) is 0 Å². The molecule has 0 radical (unpaired) electrons. The fourth-order valence-corrected chi connectivity index (χ4v) is 3.81. The van der Waals surface area contributed by atoms with E-state index in [1.54, 1.807) is 12.1 Å². The van der Waals surface area contributed by atoms with Crippen molar-refractivity contribution in [1.29, 1.82) is 0 Å². The van der Waals surface area contributed by atoms with Gasteiger partial charge in [0.1, 0.15) is 5.75 Å². The van der Waals surface area contributed by atoms with Gasteiger partial charge in [0.25, 0.3) is 5.91 Å². The fraction of sp³-hybridized carbons (Fsp3) is 0.579. The van der Waals surface area contributed by atoms with E-state index in [0.717, 1.165) is 25.1 Å². The highest BCUT2D eigenvalue weighted by molar-refractivity contribution is 7.80. The first kappa shape index (κ1) is 18.1. The average Bonchev–Trinajstić information content (AvgIpc) is 2.63. The molecule has 3 heterocycles. The van der Waals surface area contributed by atoms with E-state index in [2.05, 4.69) is 22.5 Å². The lowest BCUT2D eigenvalue weighted by Gasteiger charge is -2.45. The fourth-order valence-electron chi connectivity index (χ4n) is 3.57. The summed E-state index contributed by atoms with van der Waals surface area (Å²) < 4.78 is 5.66. The van der Waals surface area contributed by atoms with Gasteiger partial charge in [0.2, 0.25) is 0 Å². The molecule has 25 heavy (non-hydrogen) atoms. The molecule has 0 spiro atoms. The van der Waals surface area contributed by atoms with Crippen molar-refractivity contribution >= 4 is 23.2 Å². The molecular formula is C19H27N3O2S. The van der Waals surface area contributed by atoms with Crippen LogP contribution in [-0.2, 0) is 0 Å². The number of hydrogen-bond acceptors (Lipinski definition) is 4. The minimum atomic E-state index is -0.195. The SMILES string of the molecule is CCCCOc1cccc(C(=O)NC(=S)NC2CN3CCC2CC3)c1. The Hall–Kier alpha value is -1.66. The summed E-state index contributed by atoms with van der Waals surface area (Å²) in [5, 5.41) is 6.56. The lowest BCUT2D eigenvalue weighted by atomic mass is 9.84. The Bertz CT molecular complexity index is 614. The summed E-state index contributed by atoms with van der Waals surface area (Å²) in [6.07, 6.45) is 4.51. The molecule has 136 valence electrons. The van der Waals surface area contributed by atoms with E-state index in [9.17, 15) is 4.79 Å². The maximum absolute atomic E-state index is 12.4. The summed E-state index contributed by atoms with van der Waals surface area (Å²) in [6.45, 7) is 6.18. The maximum Gasteiger partial charge on any atom is 0.257 e. The minimum absolute atomic E-state index is 0.195. The number of fused-ring (bicyclic) bond motifs is 3. The molecule has 0 aromatic heterocycles. The topological polar surface area (TPSA) is 53.6 Å². The Morgan fingerprint density at radius 1 is 1.36 bits per heavy atom. The first-order chi connectivity index (χ1) is 12.2. The number of nitrogens with one attached hydrogen (secondary N) is 2. The molecule has 1 amide bonds. The van der Waals surface area contributed by atoms with E-state index in [1.165, 1.54) is 25.9 Å². The van der Waals surface area contributed by atoms with Crippen LogP contribution >= 0.6 is 12.2 Å². The summed E-state index contributed by atoms with van der Waals surface area (Å²) in [5.74, 6) is 1.19. The first-order valence-corrected chi connectivity index (χ1v) is 9.63. The van der Waals surface area contributed by atoms with Gasteiger partial charge in [-0.2, -0.15) is 0 Å². The zero-order valence-electron chi connectivity index (χ0n) is 14.8. The molecule has 0 saturated carbocycles. The highest BCUT2D eigenvalue weighted by Gasteiger charge is 2.34. The zero-order valence-corrected chi connectivity index (χ0v) is 15.6. The van der Waals surface area contributed by atoms with Crippen LogP contribution in [0.25, 0.3) is 0 Å². The van der Waals surface area contributed by atoms with E-state index in [4.69, 9.17) is 17.0 Å². The highest BCUT2D eigenvalue weighted by atomic mass is 32.1. The number of thiocarbonyl (C=S) groups is 1. The van der Waals surface area contributed by atoms with E-state index in [1.807, 2.05) is 12.1 Å². The summed E-state index contributed by atoms with van der Waals surface area (Å²) in [6, 6.07) is 7.59. The number of amides is 1. The number of ether oxygens (including phenoxy) is 1. The van der Waals surface area contributed by atoms with Gasteiger partial charge in [-0.1, -0.05) is 19.4 Å². The molecule has 3 saturated heterocycles. The molecule has 1 aromatic carbocycles. The summed E-state index contributed by atoms with van der Waals surface area (Å²) >= 11 is 5.35. The Morgan fingerprint density at radius 3 is 2.84 bits per heavy atom. The van der Waals surface area contributed by atoms with Crippen LogP contribution in [0.2, 0.25) is 0 Å². The maximum atomic E-state index is 12.4. The molecule has 3 fully saturated rings. The molecule has 6 heteroatoms. The van der Waals surface area contributed by atoms with Crippen molar-refractivity contribution in [3.8, 4) is 5.75 Å². The third-order valence-corrected chi connectivity index (χ3v) is 5.28. The van der Waals surface area contributed by atoms with Crippen molar-refractivity contribution in [3.63, 3.8) is 0 Å². The van der Waals surface area contributed by atoms with Gasteiger partial charge in [0.05, 0.1) is 6.61 Å². The second-order valence-corrected chi connectivity index (χ2v) is 7.31. The number of rotatable bonds is 6. The van der Waals surface area contributed by atoms with Crippen molar-refractivity contribution in [2.45, 2.75) is 38.6 Å². The molecule has 1 aromatic rings. The van der Waals surface area contributed by atoms with Crippen LogP contribution in [0.5, 0.6) is 5.75 Å². The van der Waals surface area contributed by atoms with Crippen LogP contribution in [0.15, 0.2) is 24.3 Å². The zero-order chi connectivity index (χ0) is 17.6. The van der Waals surface area contributed by atoms with Crippen molar-refractivity contribution in [2.75, 3.05) is 26.2 Å². The van der Waals surface area contributed by atoms with Crippen molar-refractivity contribution in [1.82, 2.24) is 15.5 Å². The second-order valence-electron chi connectivity index (χ2n) is 6.90. The predicted octanol–water partition coefficient (Wildman–Crippen LogP) is 2.56. The first-order valence-electron chi connectivity index (χ1n) is 9.22. The minimum Gasteiger partial charge on any atom is -0.494 e. The summed E-state index contributed by atoms with van der Waals surface area (Å²) in [5.41, 5.74) is 0.562. The monoisotopic (exact) mass is 361 g/mol. The summed E-state index contributed by atoms with van der Waals surface area (Å²) in [4.78, 5) is 14.9. The summed E-state index contributed by atoms with van der Waals surface area (Å²) in [7, 11) is 0. The van der Waals surface area contributed by atoms with E-state index >= 15 is 0 Å².